The van der Waals surface area contributed by atoms with E-state index in [2.05, 4.69) is 6.58 Å². The van der Waals surface area contributed by atoms with Crippen LogP contribution >= 0.6 is 0 Å². The molecule has 1 aliphatic carbocycles. The summed E-state index contributed by atoms with van der Waals surface area (Å²) in [6.45, 7) is 7.50. The molecule has 1 heteroatoms. The predicted octanol–water partition coefficient (Wildman–Crippen LogP) is 2.41. The molecule has 0 heterocycles. The molecule has 0 fully saturated rings. The monoisotopic (exact) mass is 148 g/mol. The number of Topliss-reactive ketones (excluding diaryl/α,β-unsaturated/α-hetero) is 1. The van der Waals surface area contributed by atoms with Crippen molar-refractivity contribution in [1.82, 2.24) is 0 Å². The third kappa shape index (κ3) is 1.48. The van der Waals surface area contributed by atoms with Gasteiger partial charge in [-0.1, -0.05) is 18.2 Å². The molecule has 1 nitrogen and oxygen atoms in total. The van der Waals surface area contributed by atoms with Crippen molar-refractivity contribution in [3.63, 3.8) is 0 Å². The maximum Gasteiger partial charge on any atom is 0.162 e. The molecule has 0 N–H and O–H groups in total. The number of hydrogen-bond acceptors (Lipinski definition) is 1. The third-order valence-corrected chi connectivity index (χ3v) is 1.95. The minimum atomic E-state index is 0.230. The first-order chi connectivity index (χ1) is 5.15. The molecule has 0 radical (unpaired) electrons. The van der Waals surface area contributed by atoms with Gasteiger partial charge < -0.3 is 0 Å². The summed E-state index contributed by atoms with van der Waals surface area (Å²) >= 11 is 0. The van der Waals surface area contributed by atoms with Gasteiger partial charge in [-0.2, -0.15) is 0 Å². The van der Waals surface area contributed by atoms with E-state index < -0.39 is 0 Å². The normalized spacial score (nSPS) is 18.4. The van der Waals surface area contributed by atoms with Gasteiger partial charge in [0.15, 0.2) is 5.78 Å². The van der Waals surface area contributed by atoms with Crippen LogP contribution in [0.2, 0.25) is 0 Å². The van der Waals surface area contributed by atoms with Crippen LogP contribution < -0.4 is 0 Å². The van der Waals surface area contributed by atoms with Crippen molar-refractivity contribution in [2.24, 2.45) is 0 Å². The summed E-state index contributed by atoms with van der Waals surface area (Å²) in [6, 6.07) is 0. The third-order valence-electron chi connectivity index (χ3n) is 1.95. The number of ketones is 1. The average molecular weight is 148 g/mol. The van der Waals surface area contributed by atoms with Gasteiger partial charge >= 0.3 is 0 Å². The Labute approximate surface area is 67.1 Å². The Balaban J connectivity index is 3.05. The quantitative estimate of drug-likeness (QED) is 0.558. The van der Waals surface area contributed by atoms with Crippen LogP contribution in [0.1, 0.15) is 20.3 Å². The highest BCUT2D eigenvalue weighted by atomic mass is 16.1. The van der Waals surface area contributed by atoms with Crippen molar-refractivity contribution in [3.05, 3.63) is 35.5 Å². The zero-order chi connectivity index (χ0) is 8.43. The van der Waals surface area contributed by atoms with E-state index >= 15 is 0 Å². The maximum absolute atomic E-state index is 11.1. The predicted molar refractivity (Wildman–Crippen MR) is 46.3 cm³/mol. The standard InChI is InChI=1S/C10H12O/c1-4-9-5-8(3)10(11)6-7(9)2/h4-5H,1,6H2,2-3H3. The number of carbonyl (C=O) groups is 1. The number of hydrogen-bond donors (Lipinski definition) is 0. The van der Waals surface area contributed by atoms with Gasteiger partial charge in [0.25, 0.3) is 0 Å². The summed E-state index contributed by atoms with van der Waals surface area (Å²) < 4.78 is 0. The molecule has 1 rings (SSSR count). The Hall–Kier alpha value is -1.11. The van der Waals surface area contributed by atoms with Crippen LogP contribution in [-0.4, -0.2) is 5.78 Å². The number of allylic oxidation sites excluding steroid dienone is 5. The van der Waals surface area contributed by atoms with Crippen LogP contribution in [0.3, 0.4) is 0 Å². The summed E-state index contributed by atoms with van der Waals surface area (Å²) in [5, 5.41) is 0. The smallest absolute Gasteiger partial charge is 0.162 e. The van der Waals surface area contributed by atoms with Gasteiger partial charge in [0.1, 0.15) is 0 Å². The molecule has 11 heavy (non-hydrogen) atoms. The lowest BCUT2D eigenvalue weighted by atomic mass is 9.93. The first kappa shape index (κ1) is 7.99. The van der Waals surface area contributed by atoms with Crippen molar-refractivity contribution < 1.29 is 4.79 Å². The van der Waals surface area contributed by atoms with Gasteiger partial charge in [-0.15, -0.1) is 0 Å². The van der Waals surface area contributed by atoms with Crippen LogP contribution in [0.5, 0.6) is 0 Å². The summed E-state index contributed by atoms with van der Waals surface area (Å²) in [5.41, 5.74) is 3.06. The molecular formula is C10H12O. The Morgan fingerprint density at radius 3 is 2.73 bits per heavy atom. The largest absolute Gasteiger partial charge is 0.294 e. The van der Waals surface area contributed by atoms with Crippen molar-refractivity contribution in [3.8, 4) is 0 Å². The zero-order valence-electron chi connectivity index (χ0n) is 6.98. The first-order valence-electron chi connectivity index (χ1n) is 3.69. The van der Waals surface area contributed by atoms with Gasteiger partial charge in [0.05, 0.1) is 0 Å². The maximum atomic E-state index is 11.1. The second kappa shape index (κ2) is 2.87. The molecule has 0 aromatic carbocycles. The van der Waals surface area contributed by atoms with E-state index in [0.29, 0.717) is 6.42 Å². The molecule has 58 valence electrons. The van der Waals surface area contributed by atoms with Gasteiger partial charge in [-0.3, -0.25) is 4.79 Å². The molecule has 0 spiro atoms. The van der Waals surface area contributed by atoms with Gasteiger partial charge in [-0.05, 0) is 31.1 Å². The van der Waals surface area contributed by atoms with Gasteiger partial charge in [-0.25, -0.2) is 0 Å². The highest BCUT2D eigenvalue weighted by Gasteiger charge is 2.12. The average Bonchev–Trinajstić information content (AvgIpc) is 1.97. The second-order valence-electron chi connectivity index (χ2n) is 2.87. The Morgan fingerprint density at radius 1 is 1.55 bits per heavy atom. The Morgan fingerprint density at radius 2 is 2.18 bits per heavy atom. The molecular weight excluding hydrogens is 136 g/mol. The second-order valence-corrected chi connectivity index (χ2v) is 2.87. The SMILES string of the molecule is C=CC1=C(C)CC(=O)C(C)=C1. The van der Waals surface area contributed by atoms with Gasteiger partial charge in [0, 0.05) is 6.42 Å². The summed E-state index contributed by atoms with van der Waals surface area (Å²) in [4.78, 5) is 11.1. The fourth-order valence-corrected chi connectivity index (χ4v) is 1.15. The van der Waals surface area contributed by atoms with E-state index in [1.165, 1.54) is 0 Å². The Bertz CT molecular complexity index is 267. The minimum absolute atomic E-state index is 0.230. The van der Waals surface area contributed by atoms with Crippen molar-refractivity contribution in [2.75, 3.05) is 0 Å². The van der Waals surface area contributed by atoms with E-state index in [9.17, 15) is 4.79 Å². The topological polar surface area (TPSA) is 17.1 Å². The molecule has 0 saturated carbocycles. The molecule has 0 aromatic rings. The van der Waals surface area contributed by atoms with Crippen molar-refractivity contribution in [2.45, 2.75) is 20.3 Å². The minimum Gasteiger partial charge on any atom is -0.294 e. The van der Waals surface area contributed by atoms with Crippen LogP contribution in [0.4, 0.5) is 0 Å². The fraction of sp³-hybridized carbons (Fsp3) is 0.300. The molecule has 0 unspecified atom stereocenters. The lowest BCUT2D eigenvalue weighted by Gasteiger charge is -2.11. The summed E-state index contributed by atoms with van der Waals surface area (Å²) in [5.74, 6) is 0.230. The van der Waals surface area contributed by atoms with Crippen molar-refractivity contribution >= 4 is 5.78 Å². The highest BCUT2D eigenvalue weighted by molar-refractivity contribution is 5.98. The van der Waals surface area contributed by atoms with Crippen molar-refractivity contribution in [1.29, 1.82) is 0 Å². The van der Waals surface area contributed by atoms with Crippen LogP contribution in [0, 0.1) is 0 Å². The lowest BCUT2D eigenvalue weighted by molar-refractivity contribution is -0.115. The van der Waals surface area contributed by atoms with E-state index in [4.69, 9.17) is 0 Å². The molecule has 0 bridgehead atoms. The molecule has 0 saturated heterocycles. The first-order valence-corrected chi connectivity index (χ1v) is 3.69. The molecule has 0 amide bonds. The highest BCUT2D eigenvalue weighted by Crippen LogP contribution is 2.20. The Kier molecular flexibility index (Phi) is 2.08. The van der Waals surface area contributed by atoms with E-state index in [0.717, 1.165) is 16.7 Å². The number of carbonyl (C=O) groups excluding carboxylic acids is 1. The van der Waals surface area contributed by atoms with Gasteiger partial charge in [0.2, 0.25) is 0 Å². The van der Waals surface area contributed by atoms with Crippen LogP contribution in [-0.2, 0) is 4.79 Å². The lowest BCUT2D eigenvalue weighted by Crippen LogP contribution is -2.06. The fourth-order valence-electron chi connectivity index (χ4n) is 1.15. The zero-order valence-corrected chi connectivity index (χ0v) is 6.98. The summed E-state index contributed by atoms with van der Waals surface area (Å²) in [6.07, 6.45) is 4.25. The van der Waals surface area contributed by atoms with E-state index in [1.54, 1.807) is 6.08 Å². The van der Waals surface area contributed by atoms with Crippen LogP contribution in [0.25, 0.3) is 0 Å². The van der Waals surface area contributed by atoms with E-state index in [1.807, 2.05) is 19.9 Å². The van der Waals surface area contributed by atoms with Crippen LogP contribution in [0.15, 0.2) is 35.5 Å². The number of rotatable bonds is 1. The molecule has 0 atom stereocenters. The summed E-state index contributed by atoms with van der Waals surface area (Å²) in [7, 11) is 0. The molecule has 1 aliphatic rings. The molecule has 0 aromatic heterocycles. The molecule has 0 aliphatic heterocycles. The van der Waals surface area contributed by atoms with E-state index in [-0.39, 0.29) is 5.78 Å².